The maximum atomic E-state index is 11.3. The summed E-state index contributed by atoms with van der Waals surface area (Å²) < 4.78 is 5.20. The van der Waals surface area contributed by atoms with Gasteiger partial charge in [0.05, 0.1) is 14.7 Å². The fraction of sp³-hybridized carbons (Fsp3) is 0.769. The van der Waals surface area contributed by atoms with E-state index in [4.69, 9.17) is 4.74 Å². The summed E-state index contributed by atoms with van der Waals surface area (Å²) >= 11 is 0. The third kappa shape index (κ3) is 4.12. The molecule has 0 N–H and O–H groups in total. The molecule has 0 aliphatic heterocycles. The number of carbonyl (C=O) groups is 1. The average Bonchev–Trinajstić information content (AvgIpc) is 2.16. The minimum Gasteiger partial charge on any atom is -0.463 e. The zero-order valence-corrected chi connectivity index (χ0v) is 12.6. The Morgan fingerprint density at radius 3 is 2.00 bits per heavy atom. The summed E-state index contributed by atoms with van der Waals surface area (Å²) in [6, 6.07) is 1.04. The van der Waals surface area contributed by atoms with Crippen LogP contribution in [0.3, 0.4) is 0 Å². The molecule has 0 rings (SSSR count). The molecule has 0 aromatic carbocycles. The Morgan fingerprint density at radius 1 is 1.25 bits per heavy atom. The predicted octanol–water partition coefficient (Wildman–Crippen LogP) is 4.00. The number of rotatable bonds is 6. The number of hydrogen-bond acceptors (Lipinski definition) is 2. The van der Waals surface area contributed by atoms with E-state index in [-0.39, 0.29) is 5.97 Å². The van der Waals surface area contributed by atoms with Crippen LogP contribution < -0.4 is 0 Å². The molecule has 0 bridgehead atoms. The van der Waals surface area contributed by atoms with E-state index in [0.29, 0.717) is 12.2 Å². The van der Waals surface area contributed by atoms with Crippen LogP contribution in [0.25, 0.3) is 0 Å². The highest BCUT2D eigenvalue weighted by molar-refractivity contribution is 6.81. The molecule has 3 heteroatoms. The quantitative estimate of drug-likeness (QED) is 0.400. The maximum Gasteiger partial charge on any atom is 0.333 e. The minimum atomic E-state index is -1.31. The molecule has 0 heterocycles. The Labute approximate surface area is 101 Å². The highest BCUT2D eigenvalue weighted by atomic mass is 28.3. The molecule has 0 aliphatic carbocycles. The SMILES string of the molecule is C=C(C)C(=O)OCC[Si](C)(C(C)C)C(C)C. The minimum absolute atomic E-state index is 0.260. The molecule has 16 heavy (non-hydrogen) atoms. The lowest BCUT2D eigenvalue weighted by atomic mass is 10.4. The summed E-state index contributed by atoms with van der Waals surface area (Å²) in [5.74, 6) is -0.260. The van der Waals surface area contributed by atoms with Crippen LogP contribution in [-0.4, -0.2) is 20.7 Å². The van der Waals surface area contributed by atoms with Crippen molar-refractivity contribution in [1.82, 2.24) is 0 Å². The van der Waals surface area contributed by atoms with Gasteiger partial charge in [-0.05, 0) is 13.0 Å². The second-order valence-corrected chi connectivity index (χ2v) is 11.3. The van der Waals surface area contributed by atoms with E-state index in [9.17, 15) is 4.79 Å². The Hall–Kier alpha value is -0.573. The Morgan fingerprint density at radius 2 is 1.69 bits per heavy atom. The van der Waals surface area contributed by atoms with Crippen molar-refractivity contribution in [3.63, 3.8) is 0 Å². The average molecular weight is 242 g/mol. The van der Waals surface area contributed by atoms with Crippen molar-refractivity contribution < 1.29 is 9.53 Å². The van der Waals surface area contributed by atoms with E-state index < -0.39 is 8.07 Å². The van der Waals surface area contributed by atoms with Crippen molar-refractivity contribution in [3.05, 3.63) is 12.2 Å². The van der Waals surface area contributed by atoms with Gasteiger partial charge in [0, 0.05) is 5.57 Å². The number of carbonyl (C=O) groups excluding carboxylic acids is 1. The molecule has 0 amide bonds. The zero-order chi connectivity index (χ0) is 12.9. The third-order valence-electron chi connectivity index (χ3n) is 3.86. The standard InChI is InChI=1S/C13H26O2Si/c1-10(2)13(14)15-8-9-16(7,11(3)4)12(5)6/h11-12H,1,8-9H2,2-7H3. The fourth-order valence-corrected chi connectivity index (χ4v) is 4.76. The van der Waals surface area contributed by atoms with Gasteiger partial charge in [-0.3, -0.25) is 0 Å². The van der Waals surface area contributed by atoms with E-state index in [0.717, 1.165) is 17.1 Å². The first-order valence-electron chi connectivity index (χ1n) is 6.04. The molecule has 0 aromatic rings. The second kappa shape index (κ2) is 6.23. The van der Waals surface area contributed by atoms with Crippen LogP contribution in [0.15, 0.2) is 12.2 Å². The van der Waals surface area contributed by atoms with Gasteiger partial charge < -0.3 is 4.74 Å². The van der Waals surface area contributed by atoms with Gasteiger partial charge in [0.15, 0.2) is 0 Å². The van der Waals surface area contributed by atoms with Crippen LogP contribution in [-0.2, 0) is 9.53 Å². The van der Waals surface area contributed by atoms with Gasteiger partial charge in [-0.25, -0.2) is 4.79 Å². The molecule has 0 saturated carbocycles. The Balaban J connectivity index is 4.25. The molecule has 0 radical (unpaired) electrons. The van der Waals surface area contributed by atoms with Gasteiger partial charge in [0.1, 0.15) is 0 Å². The summed E-state index contributed by atoms with van der Waals surface area (Å²) in [5, 5.41) is 0. The summed E-state index contributed by atoms with van der Waals surface area (Å²) in [6.45, 7) is 17.3. The van der Waals surface area contributed by atoms with Gasteiger partial charge in [-0.15, -0.1) is 0 Å². The van der Waals surface area contributed by atoms with Crippen LogP contribution >= 0.6 is 0 Å². The van der Waals surface area contributed by atoms with Crippen molar-refractivity contribution >= 4 is 14.0 Å². The van der Waals surface area contributed by atoms with Gasteiger partial charge in [-0.1, -0.05) is 51.9 Å². The maximum absolute atomic E-state index is 11.3. The van der Waals surface area contributed by atoms with E-state index in [1.165, 1.54) is 0 Å². The third-order valence-corrected chi connectivity index (χ3v) is 10.4. The van der Waals surface area contributed by atoms with Crippen LogP contribution in [0.2, 0.25) is 23.7 Å². The molecule has 0 saturated heterocycles. The van der Waals surface area contributed by atoms with Crippen LogP contribution in [0.4, 0.5) is 0 Å². The lowest BCUT2D eigenvalue weighted by Gasteiger charge is -2.35. The first kappa shape index (κ1) is 15.4. The molecule has 0 aromatic heterocycles. The first-order chi connectivity index (χ1) is 7.21. The molecule has 0 unspecified atom stereocenters. The van der Waals surface area contributed by atoms with Crippen molar-refractivity contribution in [3.8, 4) is 0 Å². The molecule has 0 atom stereocenters. The summed E-state index contributed by atoms with van der Waals surface area (Å²) in [7, 11) is -1.31. The predicted molar refractivity (Wildman–Crippen MR) is 72.4 cm³/mol. The Kier molecular flexibility index (Phi) is 6.01. The molecule has 2 nitrogen and oxygen atoms in total. The van der Waals surface area contributed by atoms with Crippen LogP contribution in [0, 0.1) is 0 Å². The van der Waals surface area contributed by atoms with E-state index >= 15 is 0 Å². The summed E-state index contributed by atoms with van der Waals surface area (Å²) in [5.41, 5.74) is 1.92. The van der Waals surface area contributed by atoms with E-state index in [1.54, 1.807) is 6.92 Å². The van der Waals surface area contributed by atoms with Crippen molar-refractivity contribution in [1.29, 1.82) is 0 Å². The molecule has 0 spiro atoms. The molecule has 94 valence electrons. The Bertz CT molecular complexity index is 249. The second-order valence-electron chi connectivity index (χ2n) is 5.48. The normalized spacial score (nSPS) is 12.0. The van der Waals surface area contributed by atoms with Gasteiger partial charge >= 0.3 is 5.97 Å². The monoisotopic (exact) mass is 242 g/mol. The number of ether oxygens (including phenoxy) is 1. The lowest BCUT2D eigenvalue weighted by molar-refractivity contribution is -0.138. The van der Waals surface area contributed by atoms with Crippen LogP contribution in [0.5, 0.6) is 0 Å². The topological polar surface area (TPSA) is 26.3 Å². The van der Waals surface area contributed by atoms with E-state index in [2.05, 4.69) is 40.8 Å². The van der Waals surface area contributed by atoms with Gasteiger partial charge in [0.2, 0.25) is 0 Å². The zero-order valence-electron chi connectivity index (χ0n) is 11.6. The largest absolute Gasteiger partial charge is 0.463 e. The summed E-state index contributed by atoms with van der Waals surface area (Å²) in [6.07, 6.45) is 0. The number of hydrogen-bond donors (Lipinski definition) is 0. The molecule has 0 aliphatic rings. The first-order valence-corrected chi connectivity index (χ1v) is 8.90. The number of esters is 1. The van der Waals surface area contributed by atoms with Crippen molar-refractivity contribution in [2.24, 2.45) is 0 Å². The smallest absolute Gasteiger partial charge is 0.333 e. The van der Waals surface area contributed by atoms with Gasteiger partial charge in [-0.2, -0.15) is 0 Å². The van der Waals surface area contributed by atoms with Crippen molar-refractivity contribution in [2.75, 3.05) is 6.61 Å². The van der Waals surface area contributed by atoms with Crippen LogP contribution in [0.1, 0.15) is 34.6 Å². The molecular weight excluding hydrogens is 216 g/mol. The molecular formula is C13H26O2Si. The summed E-state index contributed by atoms with van der Waals surface area (Å²) in [4.78, 5) is 11.3. The van der Waals surface area contributed by atoms with Gasteiger partial charge in [0.25, 0.3) is 0 Å². The highest BCUT2D eigenvalue weighted by Gasteiger charge is 2.34. The highest BCUT2D eigenvalue weighted by Crippen LogP contribution is 2.35. The molecule has 0 fully saturated rings. The lowest BCUT2D eigenvalue weighted by Crippen LogP contribution is -2.38. The fourth-order valence-electron chi connectivity index (χ4n) is 1.73. The van der Waals surface area contributed by atoms with Crippen molar-refractivity contribution in [2.45, 2.75) is 58.3 Å². The van der Waals surface area contributed by atoms with E-state index in [1.807, 2.05) is 0 Å².